The van der Waals surface area contributed by atoms with Crippen LogP contribution in [-0.4, -0.2) is 22.1 Å². The summed E-state index contributed by atoms with van der Waals surface area (Å²) < 4.78 is 5.33. The lowest BCUT2D eigenvalue weighted by Gasteiger charge is -2.07. The van der Waals surface area contributed by atoms with Crippen molar-refractivity contribution in [3.8, 4) is 0 Å². The molecule has 0 saturated heterocycles. The van der Waals surface area contributed by atoms with E-state index in [2.05, 4.69) is 30.9 Å². The van der Waals surface area contributed by atoms with Gasteiger partial charge in [-0.2, -0.15) is 0 Å². The Morgan fingerprint density at radius 1 is 1.33 bits per heavy atom. The molecule has 1 aromatic carbocycles. The van der Waals surface area contributed by atoms with E-state index >= 15 is 0 Å². The summed E-state index contributed by atoms with van der Waals surface area (Å²) in [6, 6.07) is 5.85. The van der Waals surface area contributed by atoms with Gasteiger partial charge in [-0.25, -0.2) is 4.79 Å². The van der Waals surface area contributed by atoms with Crippen LogP contribution in [0.15, 0.2) is 39.5 Å². The SMILES string of the molecule is O=C(Nc1cc(Br)ccc1C(=O)O)c1ccno1. The number of amides is 1. The molecule has 1 heterocycles. The first kappa shape index (κ1) is 12.3. The predicted octanol–water partition coefficient (Wildman–Crippen LogP) is 2.39. The van der Waals surface area contributed by atoms with Crippen LogP contribution < -0.4 is 5.32 Å². The molecule has 2 aromatic rings. The van der Waals surface area contributed by atoms with Crippen molar-refractivity contribution in [2.75, 3.05) is 5.32 Å². The molecule has 0 spiro atoms. The molecule has 1 amide bonds. The van der Waals surface area contributed by atoms with Gasteiger partial charge in [-0.1, -0.05) is 21.1 Å². The Balaban J connectivity index is 2.31. The minimum absolute atomic E-state index is 0.00585. The van der Waals surface area contributed by atoms with Gasteiger partial charge in [0, 0.05) is 10.5 Å². The third-order valence-corrected chi connectivity index (χ3v) is 2.62. The standard InChI is InChI=1S/C11H7BrN2O4/c12-6-1-2-7(11(16)17)8(5-6)14-10(15)9-3-4-13-18-9/h1-5H,(H,14,15)(H,16,17). The molecule has 2 rings (SSSR count). The monoisotopic (exact) mass is 310 g/mol. The Bertz CT molecular complexity index is 595. The van der Waals surface area contributed by atoms with E-state index in [4.69, 9.17) is 5.11 Å². The first-order valence-electron chi connectivity index (χ1n) is 4.83. The Morgan fingerprint density at radius 3 is 2.72 bits per heavy atom. The molecule has 2 N–H and O–H groups in total. The molecule has 0 saturated carbocycles. The van der Waals surface area contributed by atoms with Crippen molar-refractivity contribution in [2.45, 2.75) is 0 Å². The normalized spacial score (nSPS) is 10.1. The zero-order valence-electron chi connectivity index (χ0n) is 8.88. The average molecular weight is 311 g/mol. The lowest BCUT2D eigenvalue weighted by atomic mass is 10.2. The van der Waals surface area contributed by atoms with Crippen LogP contribution in [0, 0.1) is 0 Å². The summed E-state index contributed by atoms with van der Waals surface area (Å²) in [6.45, 7) is 0. The van der Waals surface area contributed by atoms with Gasteiger partial charge >= 0.3 is 5.97 Å². The van der Waals surface area contributed by atoms with E-state index in [1.165, 1.54) is 24.4 Å². The van der Waals surface area contributed by atoms with Gasteiger partial charge in [0.25, 0.3) is 5.91 Å². The van der Waals surface area contributed by atoms with Crippen molar-refractivity contribution in [2.24, 2.45) is 0 Å². The van der Waals surface area contributed by atoms with Gasteiger partial charge in [0.2, 0.25) is 5.76 Å². The maximum absolute atomic E-state index is 11.7. The van der Waals surface area contributed by atoms with E-state index < -0.39 is 11.9 Å². The molecule has 0 fully saturated rings. The van der Waals surface area contributed by atoms with Crippen LogP contribution in [0.5, 0.6) is 0 Å². The van der Waals surface area contributed by atoms with Crippen LogP contribution in [0.3, 0.4) is 0 Å². The van der Waals surface area contributed by atoms with Gasteiger partial charge in [0.15, 0.2) is 0 Å². The average Bonchev–Trinajstić information content (AvgIpc) is 2.81. The molecule has 6 nitrogen and oxygen atoms in total. The van der Waals surface area contributed by atoms with E-state index in [-0.39, 0.29) is 17.0 Å². The van der Waals surface area contributed by atoms with E-state index in [0.29, 0.717) is 4.47 Å². The number of carbonyl (C=O) groups is 2. The summed E-state index contributed by atoms with van der Waals surface area (Å²) in [5.74, 6) is -1.69. The molecule has 18 heavy (non-hydrogen) atoms. The van der Waals surface area contributed by atoms with Crippen LogP contribution >= 0.6 is 15.9 Å². The third-order valence-electron chi connectivity index (χ3n) is 2.12. The highest BCUT2D eigenvalue weighted by Gasteiger charge is 2.15. The van der Waals surface area contributed by atoms with Crippen molar-refractivity contribution >= 4 is 33.5 Å². The number of aromatic nitrogens is 1. The molecule has 0 bridgehead atoms. The first-order chi connectivity index (χ1) is 8.58. The highest BCUT2D eigenvalue weighted by molar-refractivity contribution is 9.10. The molecular weight excluding hydrogens is 304 g/mol. The lowest BCUT2D eigenvalue weighted by molar-refractivity contribution is 0.0698. The number of nitrogens with zero attached hydrogens (tertiary/aromatic N) is 1. The number of hydrogen-bond donors (Lipinski definition) is 2. The third kappa shape index (κ3) is 2.57. The molecule has 1 aromatic heterocycles. The molecule has 92 valence electrons. The number of carbonyl (C=O) groups excluding carboxylic acids is 1. The second kappa shape index (κ2) is 5.01. The van der Waals surface area contributed by atoms with Crippen LogP contribution in [0.4, 0.5) is 5.69 Å². The number of aromatic carboxylic acids is 1. The van der Waals surface area contributed by atoms with Gasteiger partial charge in [-0.05, 0) is 18.2 Å². The van der Waals surface area contributed by atoms with Crippen LogP contribution in [0.2, 0.25) is 0 Å². The molecule has 7 heteroatoms. The lowest BCUT2D eigenvalue weighted by Crippen LogP contribution is -2.14. The first-order valence-corrected chi connectivity index (χ1v) is 5.62. The van der Waals surface area contributed by atoms with Crippen molar-refractivity contribution in [1.29, 1.82) is 0 Å². The summed E-state index contributed by atoms with van der Waals surface area (Å²) in [6.07, 6.45) is 1.33. The highest BCUT2D eigenvalue weighted by Crippen LogP contribution is 2.22. The zero-order valence-corrected chi connectivity index (χ0v) is 10.5. The predicted molar refractivity (Wildman–Crippen MR) is 65.6 cm³/mol. The number of carboxylic acid groups (broad SMARTS) is 1. The smallest absolute Gasteiger partial charge is 0.337 e. The van der Waals surface area contributed by atoms with Crippen LogP contribution in [0.1, 0.15) is 20.9 Å². The largest absolute Gasteiger partial charge is 0.478 e. The Morgan fingerprint density at radius 2 is 2.11 bits per heavy atom. The fourth-order valence-corrected chi connectivity index (χ4v) is 1.68. The van der Waals surface area contributed by atoms with Gasteiger partial charge in [-0.15, -0.1) is 0 Å². The Hall–Kier alpha value is -2.15. The van der Waals surface area contributed by atoms with E-state index in [1.54, 1.807) is 6.07 Å². The topological polar surface area (TPSA) is 92.4 Å². The van der Waals surface area contributed by atoms with Crippen LogP contribution in [-0.2, 0) is 0 Å². The van der Waals surface area contributed by atoms with Gasteiger partial charge in [0.05, 0.1) is 17.4 Å². The Labute approximate surface area is 110 Å². The number of benzene rings is 1. The number of carboxylic acids is 1. The second-order valence-electron chi connectivity index (χ2n) is 3.33. The molecule has 0 aliphatic heterocycles. The molecule has 0 radical (unpaired) electrons. The second-order valence-corrected chi connectivity index (χ2v) is 4.24. The number of anilines is 1. The van der Waals surface area contributed by atoms with E-state index in [9.17, 15) is 9.59 Å². The van der Waals surface area contributed by atoms with Gasteiger partial charge in [0.1, 0.15) is 0 Å². The minimum atomic E-state index is -1.13. The maximum atomic E-state index is 11.7. The fraction of sp³-hybridized carbons (Fsp3) is 0. The van der Waals surface area contributed by atoms with Gasteiger partial charge < -0.3 is 14.9 Å². The zero-order chi connectivity index (χ0) is 13.1. The molecule has 0 aliphatic rings. The number of hydrogen-bond acceptors (Lipinski definition) is 4. The van der Waals surface area contributed by atoms with Crippen molar-refractivity contribution in [3.63, 3.8) is 0 Å². The molecule has 0 atom stereocenters. The summed E-state index contributed by atoms with van der Waals surface area (Å²) in [5, 5.41) is 14.8. The summed E-state index contributed by atoms with van der Waals surface area (Å²) in [4.78, 5) is 22.7. The molecule has 0 aliphatic carbocycles. The van der Waals surface area contributed by atoms with Crippen molar-refractivity contribution < 1.29 is 19.2 Å². The van der Waals surface area contributed by atoms with Crippen LogP contribution in [0.25, 0.3) is 0 Å². The summed E-state index contributed by atoms with van der Waals surface area (Å²) in [5.41, 5.74) is 0.171. The number of nitrogens with one attached hydrogen (secondary N) is 1. The highest BCUT2D eigenvalue weighted by atomic mass is 79.9. The Kier molecular flexibility index (Phi) is 3.42. The molecule has 0 unspecified atom stereocenters. The molecular formula is C11H7BrN2O4. The van der Waals surface area contributed by atoms with E-state index in [1.807, 2.05) is 0 Å². The van der Waals surface area contributed by atoms with Gasteiger partial charge in [-0.3, -0.25) is 4.79 Å². The van der Waals surface area contributed by atoms with Crippen molar-refractivity contribution in [1.82, 2.24) is 5.16 Å². The van der Waals surface area contributed by atoms with Crippen molar-refractivity contribution in [3.05, 3.63) is 46.3 Å². The number of halogens is 1. The fourth-order valence-electron chi connectivity index (χ4n) is 1.32. The summed E-state index contributed by atoms with van der Waals surface area (Å²) in [7, 11) is 0. The maximum Gasteiger partial charge on any atom is 0.337 e. The number of rotatable bonds is 3. The summed E-state index contributed by atoms with van der Waals surface area (Å²) >= 11 is 3.20. The van der Waals surface area contributed by atoms with E-state index in [0.717, 1.165) is 0 Å². The quantitative estimate of drug-likeness (QED) is 0.908. The minimum Gasteiger partial charge on any atom is -0.478 e.